The lowest BCUT2D eigenvalue weighted by Gasteiger charge is -2.22. The van der Waals surface area contributed by atoms with Crippen LogP contribution in [0.5, 0.6) is 0 Å². The maximum Gasteiger partial charge on any atom is 0.0945 e. The van der Waals surface area contributed by atoms with E-state index in [4.69, 9.17) is 5.11 Å². The molecule has 0 spiro atoms. The second-order valence-electron chi connectivity index (χ2n) is 4.28. The van der Waals surface area contributed by atoms with Gasteiger partial charge in [-0.15, -0.1) is 0 Å². The summed E-state index contributed by atoms with van der Waals surface area (Å²) in [6, 6.07) is 10.3. The van der Waals surface area contributed by atoms with Crippen LogP contribution < -0.4 is 0 Å². The number of β-amino-alcohol motifs (C(OH)–C–C–N with tert-alkyl or cyclic N) is 1. The van der Waals surface area contributed by atoms with Gasteiger partial charge in [-0.2, -0.15) is 0 Å². The van der Waals surface area contributed by atoms with Crippen LogP contribution in [0.1, 0.15) is 5.56 Å². The topological polar surface area (TPSA) is 46.9 Å². The molecular formula is C13H18N2O2. The minimum Gasteiger partial charge on any atom is -0.394 e. The Bertz CT molecular complexity index is 367. The summed E-state index contributed by atoms with van der Waals surface area (Å²) >= 11 is 0. The molecule has 0 saturated carbocycles. The predicted molar refractivity (Wildman–Crippen MR) is 65.8 cm³/mol. The third-order valence-corrected chi connectivity index (χ3v) is 2.74. The van der Waals surface area contributed by atoms with Gasteiger partial charge in [0.25, 0.3) is 0 Å². The van der Waals surface area contributed by atoms with Gasteiger partial charge in [0.1, 0.15) is 0 Å². The fourth-order valence-electron chi connectivity index (χ4n) is 1.88. The molecule has 0 fully saturated rings. The van der Waals surface area contributed by atoms with Crippen molar-refractivity contribution in [3.05, 3.63) is 48.3 Å². The summed E-state index contributed by atoms with van der Waals surface area (Å²) in [5.74, 6) is 0. The minimum absolute atomic E-state index is 0.191. The fraction of sp³-hybridized carbons (Fsp3) is 0.385. The standard InChI is InChI=1S/C13H18N2O2/c16-10-13(17)9-15-7-6-14(11-15)8-12-4-2-1-3-5-12/h1-7,13,16-17H,8-11H2. The van der Waals surface area contributed by atoms with Gasteiger partial charge < -0.3 is 20.0 Å². The van der Waals surface area contributed by atoms with E-state index < -0.39 is 6.10 Å². The number of nitrogens with zero attached hydrogens (tertiary/aromatic N) is 2. The van der Waals surface area contributed by atoms with Gasteiger partial charge in [0.2, 0.25) is 0 Å². The van der Waals surface area contributed by atoms with Gasteiger partial charge in [0, 0.05) is 25.5 Å². The SMILES string of the molecule is OCC(O)CN1C=CN(Cc2ccccc2)C1. The molecule has 0 bridgehead atoms. The maximum atomic E-state index is 9.35. The fourth-order valence-corrected chi connectivity index (χ4v) is 1.88. The Kier molecular flexibility index (Phi) is 4.01. The Morgan fingerprint density at radius 3 is 2.53 bits per heavy atom. The lowest BCUT2D eigenvalue weighted by atomic mass is 10.2. The molecule has 2 rings (SSSR count). The summed E-state index contributed by atoms with van der Waals surface area (Å²) in [5, 5.41) is 18.1. The lowest BCUT2D eigenvalue weighted by molar-refractivity contribution is 0.0665. The van der Waals surface area contributed by atoms with Crippen LogP contribution in [0.3, 0.4) is 0 Å². The van der Waals surface area contributed by atoms with Crippen molar-refractivity contribution >= 4 is 0 Å². The first-order valence-corrected chi connectivity index (χ1v) is 5.77. The molecule has 2 N–H and O–H groups in total. The molecule has 92 valence electrons. The molecule has 4 nitrogen and oxygen atoms in total. The van der Waals surface area contributed by atoms with Crippen LogP contribution in [0.4, 0.5) is 0 Å². The monoisotopic (exact) mass is 234 g/mol. The number of hydrogen-bond donors (Lipinski definition) is 2. The van der Waals surface area contributed by atoms with Crippen molar-refractivity contribution in [2.24, 2.45) is 0 Å². The van der Waals surface area contributed by atoms with E-state index in [0.717, 1.165) is 13.2 Å². The predicted octanol–water partition coefficient (Wildman–Crippen LogP) is 0.586. The average Bonchev–Trinajstić information content (AvgIpc) is 2.77. The maximum absolute atomic E-state index is 9.35. The first-order chi connectivity index (χ1) is 8.28. The Morgan fingerprint density at radius 2 is 1.82 bits per heavy atom. The van der Waals surface area contributed by atoms with Crippen LogP contribution in [-0.2, 0) is 6.54 Å². The Hall–Kier alpha value is -1.52. The zero-order valence-corrected chi connectivity index (χ0v) is 9.74. The number of benzene rings is 1. The molecule has 0 aromatic heterocycles. The van der Waals surface area contributed by atoms with Gasteiger partial charge in [0.15, 0.2) is 0 Å². The zero-order chi connectivity index (χ0) is 12.1. The quantitative estimate of drug-likeness (QED) is 0.782. The van der Waals surface area contributed by atoms with E-state index in [1.807, 2.05) is 35.5 Å². The average molecular weight is 234 g/mol. The van der Waals surface area contributed by atoms with Crippen molar-refractivity contribution in [1.82, 2.24) is 9.80 Å². The molecule has 17 heavy (non-hydrogen) atoms. The zero-order valence-electron chi connectivity index (χ0n) is 9.74. The number of rotatable bonds is 5. The molecule has 1 aromatic rings. The van der Waals surface area contributed by atoms with E-state index in [1.54, 1.807) is 0 Å². The minimum atomic E-state index is -0.670. The normalized spacial score (nSPS) is 16.6. The molecule has 1 aliphatic heterocycles. The van der Waals surface area contributed by atoms with Crippen LogP contribution in [0.2, 0.25) is 0 Å². The van der Waals surface area contributed by atoms with Crippen molar-refractivity contribution in [3.8, 4) is 0 Å². The highest BCUT2D eigenvalue weighted by molar-refractivity contribution is 5.15. The summed E-state index contributed by atoms with van der Waals surface area (Å²) in [5.41, 5.74) is 1.27. The summed E-state index contributed by atoms with van der Waals surface area (Å²) in [7, 11) is 0. The molecule has 0 saturated heterocycles. The van der Waals surface area contributed by atoms with Crippen molar-refractivity contribution < 1.29 is 10.2 Å². The highest BCUT2D eigenvalue weighted by Crippen LogP contribution is 2.11. The van der Waals surface area contributed by atoms with Gasteiger partial charge in [-0.25, -0.2) is 0 Å². The number of hydrogen-bond acceptors (Lipinski definition) is 4. The molecule has 0 aliphatic carbocycles. The summed E-state index contributed by atoms with van der Waals surface area (Å²) in [4.78, 5) is 4.16. The van der Waals surface area contributed by atoms with E-state index >= 15 is 0 Å². The van der Waals surface area contributed by atoms with Crippen molar-refractivity contribution in [3.63, 3.8) is 0 Å². The molecule has 0 amide bonds. The summed E-state index contributed by atoms with van der Waals surface area (Å²) in [6.07, 6.45) is 3.29. The van der Waals surface area contributed by atoms with Gasteiger partial charge in [-0.05, 0) is 5.56 Å². The first-order valence-electron chi connectivity index (χ1n) is 5.77. The van der Waals surface area contributed by atoms with Gasteiger partial charge in [-0.1, -0.05) is 30.3 Å². The second-order valence-corrected chi connectivity index (χ2v) is 4.28. The molecule has 1 atom stereocenters. The number of aliphatic hydroxyl groups excluding tert-OH is 2. The van der Waals surface area contributed by atoms with E-state index in [9.17, 15) is 5.11 Å². The van der Waals surface area contributed by atoms with E-state index in [2.05, 4.69) is 17.0 Å². The smallest absolute Gasteiger partial charge is 0.0945 e. The third kappa shape index (κ3) is 3.47. The van der Waals surface area contributed by atoms with Crippen LogP contribution in [0.25, 0.3) is 0 Å². The van der Waals surface area contributed by atoms with Crippen molar-refractivity contribution in [2.75, 3.05) is 19.8 Å². The van der Waals surface area contributed by atoms with Gasteiger partial charge in [-0.3, -0.25) is 0 Å². The molecule has 1 heterocycles. The highest BCUT2D eigenvalue weighted by atomic mass is 16.3. The molecular weight excluding hydrogens is 216 g/mol. The van der Waals surface area contributed by atoms with Crippen LogP contribution in [0.15, 0.2) is 42.7 Å². The van der Waals surface area contributed by atoms with Gasteiger partial charge >= 0.3 is 0 Å². The van der Waals surface area contributed by atoms with Crippen molar-refractivity contribution in [2.45, 2.75) is 12.6 Å². The molecule has 0 radical (unpaired) electrons. The molecule has 1 aliphatic rings. The van der Waals surface area contributed by atoms with Crippen LogP contribution in [-0.4, -0.2) is 45.9 Å². The second kappa shape index (κ2) is 5.70. The Labute approximate surface area is 101 Å². The Morgan fingerprint density at radius 1 is 1.12 bits per heavy atom. The largest absolute Gasteiger partial charge is 0.394 e. The summed E-state index contributed by atoms with van der Waals surface area (Å²) in [6.45, 7) is 1.90. The molecule has 1 unspecified atom stereocenters. The van der Waals surface area contributed by atoms with E-state index in [0.29, 0.717) is 6.54 Å². The van der Waals surface area contributed by atoms with Crippen molar-refractivity contribution in [1.29, 1.82) is 0 Å². The molecule has 4 heteroatoms. The van der Waals surface area contributed by atoms with E-state index in [1.165, 1.54) is 5.56 Å². The van der Waals surface area contributed by atoms with Gasteiger partial charge in [0.05, 0.1) is 19.4 Å². The third-order valence-electron chi connectivity index (χ3n) is 2.74. The van der Waals surface area contributed by atoms with Crippen LogP contribution >= 0.6 is 0 Å². The lowest BCUT2D eigenvalue weighted by Crippen LogP contribution is -2.33. The first kappa shape index (κ1) is 12.0. The Balaban J connectivity index is 1.81. The van der Waals surface area contributed by atoms with Crippen LogP contribution in [0, 0.1) is 0 Å². The summed E-state index contributed by atoms with van der Waals surface area (Å²) < 4.78 is 0. The highest BCUT2D eigenvalue weighted by Gasteiger charge is 2.15. The number of aliphatic hydroxyl groups is 2. The molecule has 1 aromatic carbocycles. The van der Waals surface area contributed by atoms with E-state index in [-0.39, 0.29) is 6.61 Å².